The van der Waals surface area contributed by atoms with Crippen LogP contribution < -0.4 is 9.75 Å². The van der Waals surface area contributed by atoms with Crippen molar-refractivity contribution in [3.05, 3.63) is 105 Å². The molecule has 1 unspecified atom stereocenters. The second-order valence-corrected chi connectivity index (χ2v) is 13.4. The molecule has 9 heteroatoms. The summed E-state index contributed by atoms with van der Waals surface area (Å²) in [6, 6.07) is 28.5. The van der Waals surface area contributed by atoms with Crippen molar-refractivity contribution in [2.24, 2.45) is 5.10 Å². The minimum absolute atomic E-state index is 0.0420. The van der Waals surface area contributed by atoms with Gasteiger partial charge in [0, 0.05) is 16.9 Å². The van der Waals surface area contributed by atoms with E-state index >= 15 is 0 Å². The Bertz CT molecular complexity index is 1950. The molecule has 0 bridgehead atoms. The van der Waals surface area contributed by atoms with Gasteiger partial charge in [0.1, 0.15) is 22.4 Å². The molecule has 0 amide bonds. The molecule has 5 aromatic rings. The molecule has 6 rings (SSSR count). The van der Waals surface area contributed by atoms with Gasteiger partial charge in [-0.25, -0.2) is 9.78 Å². The number of carboxylic acids is 1. The third-order valence-corrected chi connectivity index (χ3v) is 10.1. The number of hydrogen-bond acceptors (Lipinski definition) is 8. The van der Waals surface area contributed by atoms with E-state index in [1.807, 2.05) is 24.3 Å². The van der Waals surface area contributed by atoms with Crippen LogP contribution in [0.15, 0.2) is 89.5 Å². The molecule has 0 saturated heterocycles. The Morgan fingerprint density at radius 1 is 1.04 bits per heavy atom. The van der Waals surface area contributed by atoms with Crippen LogP contribution in [-0.2, 0) is 4.79 Å². The molecule has 0 radical (unpaired) electrons. The number of nitriles is 1. The number of anilines is 1. The zero-order valence-corrected chi connectivity index (χ0v) is 27.4. The summed E-state index contributed by atoms with van der Waals surface area (Å²) in [5.41, 5.74) is 5.99. The fourth-order valence-corrected chi connectivity index (χ4v) is 7.46. The number of carboxylic acid groups (broad SMARTS) is 1. The van der Waals surface area contributed by atoms with Crippen molar-refractivity contribution in [3.8, 4) is 22.4 Å². The number of thiazole rings is 1. The first-order chi connectivity index (χ1) is 22.4. The molecule has 0 aliphatic carbocycles. The highest BCUT2D eigenvalue weighted by Crippen LogP contribution is 2.40. The minimum atomic E-state index is -1.24. The lowest BCUT2D eigenvalue weighted by molar-refractivity contribution is -0.132. The standard InChI is InChI=1S/C37H34N4O3S2/c1-3-4-5-6-19-44-29-14-10-25(11-15-29)33-22-32(34-18-16-30(45-34)21-27(23-38)37(42)43)40-41(33)28-12-8-26(9-13-28)36-39-31-17-7-24(2)20-35(31)46-36/h7-18,20-21,33H,3-6,19,22H2,1-2H3,(H,42,43)/b27-21+. The lowest BCUT2D eigenvalue weighted by Crippen LogP contribution is -2.18. The molecule has 0 saturated carbocycles. The number of unbranched alkanes of at least 4 members (excludes halogenated alkanes) is 3. The summed E-state index contributed by atoms with van der Waals surface area (Å²) in [6.07, 6.45) is 6.74. The number of aromatic nitrogens is 1. The fraction of sp³-hybridized carbons (Fsp3) is 0.243. The van der Waals surface area contributed by atoms with E-state index in [9.17, 15) is 15.2 Å². The molecular formula is C37H34N4O3S2. The van der Waals surface area contributed by atoms with Crippen LogP contribution in [0.2, 0.25) is 0 Å². The third-order valence-electron chi connectivity index (χ3n) is 7.91. The summed E-state index contributed by atoms with van der Waals surface area (Å²) >= 11 is 3.12. The Balaban J connectivity index is 1.27. The van der Waals surface area contributed by atoms with Gasteiger partial charge in [-0.15, -0.1) is 22.7 Å². The van der Waals surface area contributed by atoms with E-state index in [0.717, 1.165) is 50.1 Å². The molecule has 232 valence electrons. The van der Waals surface area contributed by atoms with Crippen molar-refractivity contribution >= 4 is 56.3 Å². The Hall–Kier alpha value is -4.78. The smallest absolute Gasteiger partial charge is 0.346 e. The van der Waals surface area contributed by atoms with Crippen molar-refractivity contribution in [2.75, 3.05) is 11.6 Å². The van der Waals surface area contributed by atoms with Crippen LogP contribution in [0.1, 0.15) is 66.0 Å². The maximum Gasteiger partial charge on any atom is 0.346 e. The van der Waals surface area contributed by atoms with E-state index in [4.69, 9.17) is 14.8 Å². The average Bonchev–Trinajstić information content (AvgIpc) is 3.82. The van der Waals surface area contributed by atoms with Gasteiger partial charge < -0.3 is 9.84 Å². The lowest BCUT2D eigenvalue weighted by atomic mass is 10.0. The van der Waals surface area contributed by atoms with Crippen LogP contribution in [0, 0.1) is 18.3 Å². The Kier molecular flexibility index (Phi) is 9.57. The Morgan fingerprint density at radius 2 is 1.85 bits per heavy atom. The lowest BCUT2D eigenvalue weighted by Gasteiger charge is -2.24. The molecule has 1 atom stereocenters. The first kappa shape index (κ1) is 31.2. The molecule has 3 heterocycles. The molecule has 0 fully saturated rings. The molecule has 46 heavy (non-hydrogen) atoms. The number of fused-ring (bicyclic) bond motifs is 1. The summed E-state index contributed by atoms with van der Waals surface area (Å²) in [6.45, 7) is 5.02. The zero-order chi connectivity index (χ0) is 32.0. The molecule has 1 aliphatic rings. The van der Waals surface area contributed by atoms with E-state index in [1.54, 1.807) is 17.4 Å². The summed E-state index contributed by atoms with van der Waals surface area (Å²) in [7, 11) is 0. The van der Waals surface area contributed by atoms with Crippen molar-refractivity contribution in [2.45, 2.75) is 52.0 Å². The third kappa shape index (κ3) is 7.04. The molecule has 7 nitrogen and oxygen atoms in total. The molecule has 2 aromatic heterocycles. The fourth-order valence-electron chi connectivity index (χ4n) is 5.44. The summed E-state index contributed by atoms with van der Waals surface area (Å²) in [5.74, 6) is -0.373. The van der Waals surface area contributed by atoms with Gasteiger partial charge in [0.05, 0.1) is 39.1 Å². The highest BCUT2D eigenvalue weighted by molar-refractivity contribution is 7.21. The van der Waals surface area contributed by atoms with Gasteiger partial charge in [-0.05, 0) is 91.2 Å². The van der Waals surface area contributed by atoms with Gasteiger partial charge >= 0.3 is 5.97 Å². The molecule has 1 N–H and O–H groups in total. The number of hydrogen-bond donors (Lipinski definition) is 1. The SMILES string of the molecule is CCCCCCOc1ccc(C2CC(c3ccc(/C=C(\C#N)C(=O)O)s3)=NN2c2ccc(-c3nc4ccc(C)cc4s3)cc2)cc1. The van der Waals surface area contributed by atoms with Crippen molar-refractivity contribution in [1.29, 1.82) is 5.26 Å². The normalized spacial score (nSPS) is 14.8. The number of rotatable bonds is 12. The molecule has 1 aliphatic heterocycles. The topological polar surface area (TPSA) is 98.8 Å². The van der Waals surface area contributed by atoms with Gasteiger partial charge in [0.15, 0.2) is 0 Å². The van der Waals surface area contributed by atoms with Gasteiger partial charge in [-0.3, -0.25) is 5.01 Å². The monoisotopic (exact) mass is 646 g/mol. The maximum atomic E-state index is 11.4. The second kappa shape index (κ2) is 14.1. The maximum absolute atomic E-state index is 11.4. The van der Waals surface area contributed by atoms with Gasteiger partial charge in [-0.1, -0.05) is 44.4 Å². The quantitative estimate of drug-likeness (QED) is 0.0823. The molecule has 3 aromatic carbocycles. The minimum Gasteiger partial charge on any atom is -0.494 e. The first-order valence-corrected chi connectivity index (χ1v) is 17.1. The number of thiophene rings is 1. The highest BCUT2D eigenvalue weighted by Gasteiger charge is 2.31. The van der Waals surface area contributed by atoms with Crippen LogP contribution in [-0.4, -0.2) is 28.4 Å². The molecular weight excluding hydrogens is 613 g/mol. The summed E-state index contributed by atoms with van der Waals surface area (Å²) in [4.78, 5) is 17.9. The van der Waals surface area contributed by atoms with E-state index in [0.29, 0.717) is 17.9 Å². The van der Waals surface area contributed by atoms with E-state index in [1.165, 1.54) is 46.9 Å². The number of nitrogens with zero attached hydrogens (tertiary/aromatic N) is 4. The second-order valence-electron chi connectivity index (χ2n) is 11.3. The van der Waals surface area contributed by atoms with E-state index in [2.05, 4.69) is 73.5 Å². The van der Waals surface area contributed by atoms with Crippen molar-refractivity contribution in [1.82, 2.24) is 4.98 Å². The zero-order valence-electron chi connectivity index (χ0n) is 25.8. The number of benzene rings is 3. The Morgan fingerprint density at radius 3 is 2.59 bits per heavy atom. The van der Waals surface area contributed by atoms with E-state index in [-0.39, 0.29) is 11.6 Å². The summed E-state index contributed by atoms with van der Waals surface area (Å²) in [5, 5.41) is 26.6. The predicted octanol–water partition coefficient (Wildman–Crippen LogP) is 9.64. The van der Waals surface area contributed by atoms with Gasteiger partial charge in [0.25, 0.3) is 0 Å². The number of aliphatic carboxylic acids is 1. The predicted molar refractivity (Wildman–Crippen MR) is 188 cm³/mol. The van der Waals surface area contributed by atoms with Gasteiger partial charge in [0.2, 0.25) is 0 Å². The van der Waals surface area contributed by atoms with Gasteiger partial charge in [-0.2, -0.15) is 10.4 Å². The molecule has 0 spiro atoms. The van der Waals surface area contributed by atoms with Crippen molar-refractivity contribution in [3.63, 3.8) is 0 Å². The number of ether oxygens (including phenoxy) is 1. The number of carbonyl (C=O) groups is 1. The van der Waals surface area contributed by atoms with E-state index < -0.39 is 5.97 Å². The largest absolute Gasteiger partial charge is 0.494 e. The summed E-state index contributed by atoms with van der Waals surface area (Å²) < 4.78 is 7.18. The first-order valence-electron chi connectivity index (χ1n) is 15.4. The average molecular weight is 647 g/mol. The number of aryl methyl sites for hydroxylation is 1. The van der Waals surface area contributed by atoms with Crippen molar-refractivity contribution < 1.29 is 14.6 Å². The van der Waals surface area contributed by atoms with Crippen LogP contribution in [0.25, 0.3) is 26.9 Å². The number of hydrazone groups is 1. The van der Waals surface area contributed by atoms with Crippen LogP contribution in [0.4, 0.5) is 5.69 Å². The Labute approximate surface area is 276 Å². The highest BCUT2D eigenvalue weighted by atomic mass is 32.1. The van der Waals surface area contributed by atoms with Crippen LogP contribution in [0.3, 0.4) is 0 Å². The van der Waals surface area contributed by atoms with Crippen LogP contribution >= 0.6 is 22.7 Å². The van der Waals surface area contributed by atoms with Crippen LogP contribution in [0.5, 0.6) is 5.75 Å².